The van der Waals surface area contributed by atoms with Crippen molar-refractivity contribution in [1.29, 1.82) is 0 Å². The Morgan fingerprint density at radius 1 is 1.04 bits per heavy atom. The summed E-state index contributed by atoms with van der Waals surface area (Å²) in [4.78, 5) is 0. The van der Waals surface area contributed by atoms with Crippen molar-refractivity contribution in [2.75, 3.05) is 0 Å². The van der Waals surface area contributed by atoms with E-state index in [4.69, 9.17) is 11.6 Å². The molecule has 0 N–H and O–H groups in total. The molecule has 2 fully saturated rings. The van der Waals surface area contributed by atoms with Crippen LogP contribution in [-0.4, -0.2) is 5.38 Å². The van der Waals surface area contributed by atoms with E-state index < -0.39 is 0 Å². The van der Waals surface area contributed by atoms with Crippen molar-refractivity contribution in [1.82, 2.24) is 0 Å². The van der Waals surface area contributed by atoms with Crippen molar-refractivity contribution in [3.63, 3.8) is 0 Å². The summed E-state index contributed by atoms with van der Waals surface area (Å²) in [6.07, 6.45) is 13.3. The van der Waals surface area contributed by atoms with Gasteiger partial charge < -0.3 is 0 Å². The Labute approximate surface area is 165 Å². The van der Waals surface area contributed by atoms with Crippen LogP contribution in [0.5, 0.6) is 0 Å². The van der Waals surface area contributed by atoms with Gasteiger partial charge >= 0.3 is 0 Å². The lowest BCUT2D eigenvalue weighted by Gasteiger charge is -2.32. The van der Waals surface area contributed by atoms with Gasteiger partial charge in [-0.3, -0.25) is 0 Å². The van der Waals surface area contributed by atoms with Gasteiger partial charge in [-0.25, -0.2) is 0 Å². The van der Waals surface area contributed by atoms with Crippen molar-refractivity contribution in [3.8, 4) is 11.8 Å². The Balaban J connectivity index is 1.53. The zero-order valence-corrected chi connectivity index (χ0v) is 17.0. The summed E-state index contributed by atoms with van der Waals surface area (Å²) in [5.74, 6) is 9.69. The van der Waals surface area contributed by atoms with Crippen LogP contribution in [0, 0.1) is 29.6 Å². The molecule has 0 heterocycles. The van der Waals surface area contributed by atoms with Crippen LogP contribution in [0.2, 0.25) is 0 Å². The summed E-state index contributed by atoms with van der Waals surface area (Å²) in [6.45, 7) is 6.32. The van der Waals surface area contributed by atoms with Gasteiger partial charge in [0.1, 0.15) is 0 Å². The molecule has 1 atom stereocenters. The molecule has 0 bridgehead atoms. The first-order valence-corrected chi connectivity index (χ1v) is 11.0. The molecule has 2 saturated carbocycles. The van der Waals surface area contributed by atoms with Crippen molar-refractivity contribution in [3.05, 3.63) is 48.0 Å². The Morgan fingerprint density at radius 3 is 2.27 bits per heavy atom. The van der Waals surface area contributed by atoms with Crippen LogP contribution in [0.3, 0.4) is 0 Å². The molecule has 1 aromatic carbocycles. The molecule has 0 aliphatic heterocycles. The summed E-state index contributed by atoms with van der Waals surface area (Å²) in [5.41, 5.74) is 2.66. The first-order chi connectivity index (χ1) is 12.7. The highest BCUT2D eigenvalue weighted by atomic mass is 35.5. The Kier molecular flexibility index (Phi) is 7.27. The van der Waals surface area contributed by atoms with Crippen molar-refractivity contribution >= 4 is 11.6 Å². The molecule has 0 nitrogen and oxygen atoms in total. The second-order valence-corrected chi connectivity index (χ2v) is 8.88. The molecular formula is C25H33Cl. The molecule has 0 aromatic heterocycles. The third-order valence-electron chi connectivity index (χ3n) is 6.61. The van der Waals surface area contributed by atoms with E-state index in [2.05, 4.69) is 55.7 Å². The minimum atomic E-state index is 0.376. The molecule has 0 amide bonds. The van der Waals surface area contributed by atoms with Crippen molar-refractivity contribution in [2.45, 2.75) is 76.0 Å². The number of allylic oxidation sites excluding steroid dienone is 1. The van der Waals surface area contributed by atoms with Gasteiger partial charge in [0.05, 0.1) is 0 Å². The Morgan fingerprint density at radius 2 is 1.69 bits per heavy atom. The Hall–Kier alpha value is -1.19. The van der Waals surface area contributed by atoms with Gasteiger partial charge in [0.2, 0.25) is 0 Å². The number of hydrogen-bond donors (Lipinski definition) is 0. The Bertz CT molecular complexity index is 616. The summed E-state index contributed by atoms with van der Waals surface area (Å²) >= 11 is 6.18. The van der Waals surface area contributed by atoms with Gasteiger partial charge in [0, 0.05) is 16.9 Å². The fraction of sp³-hybridized carbons (Fsp3) is 0.600. The van der Waals surface area contributed by atoms with Gasteiger partial charge in [0.15, 0.2) is 0 Å². The first-order valence-electron chi connectivity index (χ1n) is 10.6. The van der Waals surface area contributed by atoms with Crippen LogP contribution in [0.25, 0.3) is 0 Å². The summed E-state index contributed by atoms with van der Waals surface area (Å²) in [5, 5.41) is 0.376. The average molecular weight is 369 g/mol. The number of halogens is 1. The molecule has 26 heavy (non-hydrogen) atoms. The molecule has 2 aliphatic carbocycles. The third kappa shape index (κ3) is 5.17. The second kappa shape index (κ2) is 9.66. The van der Waals surface area contributed by atoms with E-state index >= 15 is 0 Å². The normalized spacial score (nSPS) is 30.1. The standard InChI is InChI=1S/C25H33Cl/c1-3-21(4-2)22-13-15-24(16-14-22)23-11-7-19(8-12-23)5-6-20-9-17-25(26)18-10-20/h3,7-8,11-12,20-22,24-25H,1,4,9-10,13-18H2,2H3. The van der Waals surface area contributed by atoms with Gasteiger partial charge in [0.25, 0.3) is 0 Å². The van der Waals surface area contributed by atoms with Gasteiger partial charge in [-0.2, -0.15) is 0 Å². The molecule has 0 radical (unpaired) electrons. The van der Waals surface area contributed by atoms with E-state index in [1.165, 1.54) is 37.7 Å². The quantitative estimate of drug-likeness (QED) is 0.296. The summed E-state index contributed by atoms with van der Waals surface area (Å²) in [7, 11) is 0. The van der Waals surface area contributed by atoms with E-state index in [0.29, 0.717) is 17.2 Å². The lowest BCUT2D eigenvalue weighted by Crippen LogP contribution is -2.19. The summed E-state index contributed by atoms with van der Waals surface area (Å²) in [6, 6.07) is 9.07. The van der Waals surface area contributed by atoms with E-state index in [0.717, 1.165) is 43.1 Å². The maximum absolute atomic E-state index is 6.18. The lowest BCUT2D eigenvalue weighted by molar-refractivity contribution is 0.261. The highest BCUT2D eigenvalue weighted by molar-refractivity contribution is 6.20. The van der Waals surface area contributed by atoms with E-state index in [1.54, 1.807) is 0 Å². The number of alkyl halides is 1. The van der Waals surface area contributed by atoms with Crippen LogP contribution in [0.1, 0.15) is 81.8 Å². The maximum atomic E-state index is 6.18. The van der Waals surface area contributed by atoms with Gasteiger partial charge in [-0.15, -0.1) is 18.2 Å². The smallest absolute Gasteiger partial charge is 0.0337 e. The lowest BCUT2D eigenvalue weighted by atomic mass is 9.73. The van der Waals surface area contributed by atoms with Gasteiger partial charge in [-0.1, -0.05) is 37.0 Å². The van der Waals surface area contributed by atoms with Gasteiger partial charge in [-0.05, 0) is 93.2 Å². The molecule has 0 saturated heterocycles. The monoisotopic (exact) mass is 368 g/mol. The zero-order valence-electron chi connectivity index (χ0n) is 16.2. The molecule has 1 aromatic rings. The average Bonchev–Trinajstić information content (AvgIpc) is 2.69. The molecule has 0 spiro atoms. The zero-order chi connectivity index (χ0) is 18.4. The topological polar surface area (TPSA) is 0 Å². The highest BCUT2D eigenvalue weighted by Crippen LogP contribution is 2.39. The van der Waals surface area contributed by atoms with Crippen LogP contribution in [0.15, 0.2) is 36.9 Å². The predicted octanol–water partition coefficient (Wildman–Crippen LogP) is 7.32. The fourth-order valence-corrected chi connectivity index (χ4v) is 5.05. The van der Waals surface area contributed by atoms with Crippen molar-refractivity contribution in [2.24, 2.45) is 17.8 Å². The molecule has 1 unspecified atom stereocenters. The fourth-order valence-electron chi connectivity index (χ4n) is 4.79. The summed E-state index contributed by atoms with van der Waals surface area (Å²) < 4.78 is 0. The maximum Gasteiger partial charge on any atom is 0.0337 e. The van der Waals surface area contributed by atoms with E-state index in [9.17, 15) is 0 Å². The first kappa shape index (κ1) is 19.6. The van der Waals surface area contributed by atoms with Crippen molar-refractivity contribution < 1.29 is 0 Å². The van der Waals surface area contributed by atoms with E-state index in [1.807, 2.05) is 0 Å². The number of hydrogen-bond acceptors (Lipinski definition) is 0. The minimum Gasteiger partial charge on any atom is -0.123 e. The van der Waals surface area contributed by atoms with Crippen LogP contribution in [0.4, 0.5) is 0 Å². The second-order valence-electron chi connectivity index (χ2n) is 8.26. The van der Waals surface area contributed by atoms with Crippen LogP contribution in [-0.2, 0) is 0 Å². The van der Waals surface area contributed by atoms with Crippen LogP contribution < -0.4 is 0 Å². The predicted molar refractivity (Wildman–Crippen MR) is 114 cm³/mol. The highest BCUT2D eigenvalue weighted by Gasteiger charge is 2.26. The minimum absolute atomic E-state index is 0.376. The molecule has 3 rings (SSSR count). The molecular weight excluding hydrogens is 336 g/mol. The number of rotatable bonds is 4. The molecule has 140 valence electrons. The number of benzene rings is 1. The molecule has 2 aliphatic rings. The molecule has 1 heteroatoms. The third-order valence-corrected chi connectivity index (χ3v) is 7.05. The largest absolute Gasteiger partial charge is 0.123 e. The van der Waals surface area contributed by atoms with E-state index in [-0.39, 0.29) is 0 Å². The SMILES string of the molecule is C=CC(CC)C1CCC(c2ccc(C#CC3CCC(Cl)CC3)cc2)CC1. The van der Waals surface area contributed by atoms with Crippen LogP contribution >= 0.6 is 11.6 Å².